The number of aliphatic imine (C=N–C) groups is 1. The number of guanidine groups is 1. The standard InChI is InChI=1S/C12H16ClN3/c13-10-3-1-9(2-4-10)7-8-15-12(14)16-11-5-6-11/h1-4,11H,5-8H2,(H3,14,15,16). The van der Waals surface area contributed by atoms with Crippen molar-refractivity contribution in [1.29, 1.82) is 0 Å². The number of nitrogens with zero attached hydrogens (tertiary/aromatic N) is 1. The van der Waals surface area contributed by atoms with Crippen molar-refractivity contribution < 1.29 is 0 Å². The molecule has 1 fully saturated rings. The Bertz CT molecular complexity index is 368. The fourth-order valence-electron chi connectivity index (χ4n) is 1.44. The predicted molar refractivity (Wildman–Crippen MR) is 67.8 cm³/mol. The van der Waals surface area contributed by atoms with Crippen molar-refractivity contribution in [3.63, 3.8) is 0 Å². The average Bonchev–Trinajstić information content (AvgIpc) is 3.05. The minimum Gasteiger partial charge on any atom is -0.370 e. The van der Waals surface area contributed by atoms with Crippen molar-refractivity contribution in [2.45, 2.75) is 25.3 Å². The van der Waals surface area contributed by atoms with Crippen LogP contribution in [0, 0.1) is 0 Å². The zero-order chi connectivity index (χ0) is 11.4. The Morgan fingerprint density at radius 3 is 2.69 bits per heavy atom. The first-order chi connectivity index (χ1) is 7.74. The van der Waals surface area contributed by atoms with Gasteiger partial charge in [0, 0.05) is 17.6 Å². The molecule has 0 radical (unpaired) electrons. The normalized spacial score (nSPS) is 16.2. The van der Waals surface area contributed by atoms with Crippen LogP contribution < -0.4 is 11.1 Å². The quantitative estimate of drug-likeness (QED) is 0.621. The molecular formula is C12H16ClN3. The molecule has 0 aromatic heterocycles. The Morgan fingerprint density at radius 2 is 2.06 bits per heavy atom. The van der Waals surface area contributed by atoms with Gasteiger partial charge in [0.1, 0.15) is 0 Å². The van der Waals surface area contributed by atoms with E-state index in [9.17, 15) is 0 Å². The molecule has 1 aromatic rings. The van der Waals surface area contributed by atoms with E-state index in [-0.39, 0.29) is 0 Å². The monoisotopic (exact) mass is 237 g/mol. The number of benzene rings is 1. The molecule has 16 heavy (non-hydrogen) atoms. The van der Waals surface area contributed by atoms with Gasteiger partial charge in [-0.25, -0.2) is 0 Å². The van der Waals surface area contributed by atoms with Crippen LogP contribution in [-0.4, -0.2) is 18.5 Å². The van der Waals surface area contributed by atoms with E-state index in [1.54, 1.807) is 0 Å². The van der Waals surface area contributed by atoms with Gasteiger partial charge in [0.25, 0.3) is 0 Å². The Morgan fingerprint density at radius 1 is 1.38 bits per heavy atom. The van der Waals surface area contributed by atoms with Crippen LogP contribution in [0.2, 0.25) is 5.02 Å². The third-order valence-corrected chi connectivity index (χ3v) is 2.78. The fraction of sp³-hybridized carbons (Fsp3) is 0.417. The minimum absolute atomic E-state index is 0.566. The van der Waals surface area contributed by atoms with E-state index in [4.69, 9.17) is 17.3 Å². The lowest BCUT2D eigenvalue weighted by atomic mass is 10.1. The first-order valence-electron chi connectivity index (χ1n) is 5.55. The number of rotatable bonds is 4. The highest BCUT2D eigenvalue weighted by Crippen LogP contribution is 2.18. The number of nitrogens with two attached hydrogens (primary N) is 1. The first-order valence-corrected chi connectivity index (χ1v) is 5.93. The zero-order valence-corrected chi connectivity index (χ0v) is 9.87. The molecule has 1 aliphatic carbocycles. The lowest BCUT2D eigenvalue weighted by molar-refractivity contribution is 0.870. The van der Waals surface area contributed by atoms with Crippen molar-refractivity contribution in [3.8, 4) is 0 Å². The summed E-state index contributed by atoms with van der Waals surface area (Å²) in [7, 11) is 0. The number of halogens is 1. The first kappa shape index (κ1) is 11.3. The second-order valence-corrected chi connectivity index (χ2v) is 4.50. The van der Waals surface area contributed by atoms with Gasteiger partial charge in [0.05, 0.1) is 0 Å². The van der Waals surface area contributed by atoms with Crippen LogP contribution in [-0.2, 0) is 6.42 Å². The van der Waals surface area contributed by atoms with Gasteiger partial charge in [-0.05, 0) is 37.0 Å². The molecule has 1 aliphatic rings. The molecule has 0 heterocycles. The molecule has 0 spiro atoms. The summed E-state index contributed by atoms with van der Waals surface area (Å²) in [6, 6.07) is 8.39. The van der Waals surface area contributed by atoms with E-state index in [1.807, 2.05) is 24.3 Å². The Labute approximate surface area is 101 Å². The van der Waals surface area contributed by atoms with E-state index in [2.05, 4.69) is 10.3 Å². The van der Waals surface area contributed by atoms with Crippen molar-refractivity contribution in [2.24, 2.45) is 10.7 Å². The van der Waals surface area contributed by atoms with Crippen LogP contribution in [0.25, 0.3) is 0 Å². The van der Waals surface area contributed by atoms with Gasteiger partial charge in [-0.3, -0.25) is 4.99 Å². The van der Waals surface area contributed by atoms with Gasteiger partial charge >= 0.3 is 0 Å². The second kappa shape index (κ2) is 5.21. The van der Waals surface area contributed by atoms with Gasteiger partial charge in [-0.2, -0.15) is 0 Å². The summed E-state index contributed by atoms with van der Waals surface area (Å²) in [6.45, 7) is 0.715. The maximum atomic E-state index is 5.80. The maximum Gasteiger partial charge on any atom is 0.188 e. The van der Waals surface area contributed by atoms with Crippen molar-refractivity contribution in [3.05, 3.63) is 34.9 Å². The number of nitrogens with one attached hydrogen (secondary N) is 1. The SMILES string of the molecule is NC(=NCCc1ccc(Cl)cc1)NC1CC1. The zero-order valence-electron chi connectivity index (χ0n) is 9.12. The van der Waals surface area contributed by atoms with E-state index < -0.39 is 0 Å². The second-order valence-electron chi connectivity index (χ2n) is 4.06. The van der Waals surface area contributed by atoms with Crippen LogP contribution >= 0.6 is 11.6 Å². The summed E-state index contributed by atoms with van der Waals surface area (Å²) >= 11 is 5.80. The predicted octanol–water partition coefficient (Wildman–Crippen LogP) is 1.95. The summed E-state index contributed by atoms with van der Waals surface area (Å²) in [5, 5.41) is 3.92. The number of hydrogen-bond donors (Lipinski definition) is 2. The summed E-state index contributed by atoms with van der Waals surface area (Å²) in [4.78, 5) is 4.27. The minimum atomic E-state index is 0.566. The lowest BCUT2D eigenvalue weighted by Gasteiger charge is -2.03. The molecule has 1 aromatic carbocycles. The van der Waals surface area contributed by atoms with Gasteiger partial charge in [0.2, 0.25) is 0 Å². The average molecular weight is 238 g/mol. The molecular weight excluding hydrogens is 222 g/mol. The molecule has 0 unspecified atom stereocenters. The van der Waals surface area contributed by atoms with Crippen molar-refractivity contribution in [2.75, 3.05) is 6.54 Å². The van der Waals surface area contributed by atoms with E-state index in [0.29, 0.717) is 18.5 Å². The molecule has 1 saturated carbocycles. The van der Waals surface area contributed by atoms with Crippen molar-refractivity contribution >= 4 is 17.6 Å². The Balaban J connectivity index is 1.75. The van der Waals surface area contributed by atoms with Crippen molar-refractivity contribution in [1.82, 2.24) is 5.32 Å². The van der Waals surface area contributed by atoms with Gasteiger partial charge in [0.15, 0.2) is 5.96 Å². The number of hydrogen-bond acceptors (Lipinski definition) is 1. The molecule has 86 valence electrons. The van der Waals surface area contributed by atoms with Gasteiger partial charge in [-0.1, -0.05) is 23.7 Å². The molecule has 0 saturated heterocycles. The molecule has 2 rings (SSSR count). The van der Waals surface area contributed by atoms with Gasteiger partial charge < -0.3 is 11.1 Å². The molecule has 0 atom stereocenters. The van der Waals surface area contributed by atoms with E-state index >= 15 is 0 Å². The lowest BCUT2D eigenvalue weighted by Crippen LogP contribution is -2.33. The third kappa shape index (κ3) is 3.74. The van der Waals surface area contributed by atoms with Crippen LogP contribution in [0.5, 0.6) is 0 Å². The molecule has 4 heteroatoms. The summed E-state index contributed by atoms with van der Waals surface area (Å²) < 4.78 is 0. The summed E-state index contributed by atoms with van der Waals surface area (Å²) in [5.74, 6) is 0.566. The fourth-order valence-corrected chi connectivity index (χ4v) is 1.56. The molecule has 3 N–H and O–H groups in total. The highest BCUT2D eigenvalue weighted by Gasteiger charge is 2.21. The van der Waals surface area contributed by atoms with E-state index in [0.717, 1.165) is 11.4 Å². The van der Waals surface area contributed by atoms with Crippen LogP contribution in [0.15, 0.2) is 29.3 Å². The van der Waals surface area contributed by atoms with E-state index in [1.165, 1.54) is 18.4 Å². The van der Waals surface area contributed by atoms with Crippen LogP contribution in [0.1, 0.15) is 18.4 Å². The molecule has 0 aliphatic heterocycles. The molecule has 3 nitrogen and oxygen atoms in total. The van der Waals surface area contributed by atoms with Crippen LogP contribution in [0.3, 0.4) is 0 Å². The summed E-state index contributed by atoms with van der Waals surface area (Å²) in [6.07, 6.45) is 3.32. The largest absolute Gasteiger partial charge is 0.370 e. The highest BCUT2D eigenvalue weighted by molar-refractivity contribution is 6.30. The maximum absolute atomic E-state index is 5.80. The van der Waals surface area contributed by atoms with Gasteiger partial charge in [-0.15, -0.1) is 0 Å². The van der Waals surface area contributed by atoms with Crippen LogP contribution in [0.4, 0.5) is 0 Å². The third-order valence-electron chi connectivity index (χ3n) is 2.53. The Hall–Kier alpha value is -1.22. The highest BCUT2D eigenvalue weighted by atomic mass is 35.5. The molecule has 0 amide bonds. The topological polar surface area (TPSA) is 50.4 Å². The summed E-state index contributed by atoms with van der Waals surface area (Å²) in [5.41, 5.74) is 6.95. The molecule has 0 bridgehead atoms. The Kier molecular flexibility index (Phi) is 3.67. The smallest absolute Gasteiger partial charge is 0.188 e.